The number of nitrogens with one attached hydrogen (secondary N) is 1. The fourth-order valence-electron chi connectivity index (χ4n) is 1.96. The molecule has 106 valence electrons. The maximum Gasteiger partial charge on any atom is 0.0231 e. The molecule has 2 heteroatoms. The molecule has 20 heavy (non-hydrogen) atoms. The van der Waals surface area contributed by atoms with Crippen LogP contribution in [-0.4, -0.2) is 6.54 Å². The summed E-state index contributed by atoms with van der Waals surface area (Å²) in [6, 6.07) is 17.7. The lowest BCUT2D eigenvalue weighted by Crippen LogP contribution is -2.13. The van der Waals surface area contributed by atoms with Gasteiger partial charge in [-0.3, -0.25) is 0 Å². The molecule has 0 bridgehead atoms. The van der Waals surface area contributed by atoms with Crippen molar-refractivity contribution in [2.45, 2.75) is 37.5 Å². The summed E-state index contributed by atoms with van der Waals surface area (Å²) in [5.41, 5.74) is 4.06. The van der Waals surface area contributed by atoms with Crippen LogP contribution in [0.2, 0.25) is 0 Å². The highest BCUT2D eigenvalue weighted by Crippen LogP contribution is 2.23. The molecule has 0 amide bonds. The molecule has 2 rings (SSSR count). The number of hydrogen-bond donors (Lipinski definition) is 1. The Hall–Kier alpha value is -1.25. The van der Waals surface area contributed by atoms with E-state index in [4.69, 9.17) is 0 Å². The molecule has 0 aliphatic heterocycles. The predicted molar refractivity (Wildman–Crippen MR) is 89.2 cm³/mol. The molecule has 1 N–H and O–H groups in total. The summed E-state index contributed by atoms with van der Waals surface area (Å²) in [5, 5.41) is 3.43. The Morgan fingerprint density at radius 3 is 2.20 bits per heavy atom. The third kappa shape index (κ3) is 5.03. The molecule has 0 radical (unpaired) electrons. The van der Waals surface area contributed by atoms with Crippen LogP contribution in [0.3, 0.4) is 0 Å². The van der Waals surface area contributed by atoms with Crippen LogP contribution in [0.5, 0.6) is 0 Å². The van der Waals surface area contributed by atoms with Crippen LogP contribution in [0.15, 0.2) is 53.4 Å². The van der Waals surface area contributed by atoms with Gasteiger partial charge in [0.25, 0.3) is 0 Å². The van der Waals surface area contributed by atoms with E-state index in [-0.39, 0.29) is 0 Å². The Balaban J connectivity index is 1.82. The van der Waals surface area contributed by atoms with Crippen molar-refractivity contribution in [3.05, 3.63) is 65.2 Å². The fraction of sp³-hybridized carbons (Fsp3) is 0.333. The van der Waals surface area contributed by atoms with Crippen molar-refractivity contribution in [2.24, 2.45) is 0 Å². The standard InChI is InChI=1S/C18H23NS/c1-3-12-19-13-16-8-10-18(11-9-16)20-14-17-6-4-15(2)5-7-17/h4-11,19H,3,12-14H2,1-2H3. The first-order chi connectivity index (χ1) is 9.78. The van der Waals surface area contributed by atoms with Gasteiger partial charge in [-0.2, -0.15) is 0 Å². The quantitative estimate of drug-likeness (QED) is 0.580. The van der Waals surface area contributed by atoms with E-state index in [1.54, 1.807) is 0 Å². The zero-order chi connectivity index (χ0) is 14.2. The van der Waals surface area contributed by atoms with Crippen molar-refractivity contribution < 1.29 is 0 Å². The summed E-state index contributed by atoms with van der Waals surface area (Å²) in [6.07, 6.45) is 1.19. The molecule has 0 fully saturated rings. The van der Waals surface area contributed by atoms with Gasteiger partial charge >= 0.3 is 0 Å². The van der Waals surface area contributed by atoms with E-state index in [9.17, 15) is 0 Å². The van der Waals surface area contributed by atoms with Crippen molar-refractivity contribution in [1.82, 2.24) is 5.32 Å². The van der Waals surface area contributed by atoms with Crippen LogP contribution in [0, 0.1) is 6.92 Å². The van der Waals surface area contributed by atoms with E-state index in [2.05, 4.69) is 67.7 Å². The first-order valence-electron chi connectivity index (χ1n) is 7.26. The second kappa shape index (κ2) is 8.13. The summed E-state index contributed by atoms with van der Waals surface area (Å²) in [6.45, 7) is 6.38. The maximum absolute atomic E-state index is 3.43. The molecule has 0 saturated heterocycles. The molecule has 0 atom stereocenters. The van der Waals surface area contributed by atoms with E-state index < -0.39 is 0 Å². The summed E-state index contributed by atoms with van der Waals surface area (Å²) in [5.74, 6) is 1.04. The first kappa shape index (κ1) is 15.1. The van der Waals surface area contributed by atoms with Gasteiger partial charge < -0.3 is 5.32 Å². The van der Waals surface area contributed by atoms with Gasteiger partial charge in [0.15, 0.2) is 0 Å². The van der Waals surface area contributed by atoms with Crippen molar-refractivity contribution in [2.75, 3.05) is 6.54 Å². The highest BCUT2D eigenvalue weighted by molar-refractivity contribution is 7.98. The first-order valence-corrected chi connectivity index (χ1v) is 8.24. The average Bonchev–Trinajstić information content (AvgIpc) is 2.48. The predicted octanol–water partition coefficient (Wildman–Crippen LogP) is 4.79. The zero-order valence-corrected chi connectivity index (χ0v) is 13.2. The van der Waals surface area contributed by atoms with Crippen molar-refractivity contribution in [3.8, 4) is 0 Å². The lowest BCUT2D eigenvalue weighted by molar-refractivity contribution is 0.675. The molecule has 0 aliphatic carbocycles. The fourth-order valence-corrected chi connectivity index (χ4v) is 2.82. The largest absolute Gasteiger partial charge is 0.313 e. The third-order valence-corrected chi connectivity index (χ3v) is 4.29. The van der Waals surface area contributed by atoms with Gasteiger partial charge in [0.05, 0.1) is 0 Å². The lowest BCUT2D eigenvalue weighted by Gasteiger charge is -2.06. The Labute approximate surface area is 126 Å². The van der Waals surface area contributed by atoms with Crippen molar-refractivity contribution >= 4 is 11.8 Å². The smallest absolute Gasteiger partial charge is 0.0231 e. The van der Waals surface area contributed by atoms with Crippen molar-refractivity contribution in [3.63, 3.8) is 0 Å². The molecular formula is C18H23NS. The van der Waals surface area contributed by atoms with Gasteiger partial charge in [0.1, 0.15) is 0 Å². The molecule has 0 spiro atoms. The molecule has 1 nitrogen and oxygen atoms in total. The minimum Gasteiger partial charge on any atom is -0.313 e. The van der Waals surface area contributed by atoms with Gasteiger partial charge in [-0.1, -0.05) is 48.9 Å². The number of rotatable bonds is 7. The van der Waals surface area contributed by atoms with Gasteiger partial charge in [-0.25, -0.2) is 0 Å². The maximum atomic E-state index is 3.43. The Kier molecular flexibility index (Phi) is 6.16. The Morgan fingerprint density at radius 1 is 0.900 bits per heavy atom. The molecule has 0 aromatic heterocycles. The number of benzene rings is 2. The van der Waals surface area contributed by atoms with Gasteiger partial charge in [-0.15, -0.1) is 11.8 Å². The van der Waals surface area contributed by atoms with E-state index in [1.807, 2.05) is 11.8 Å². The number of aryl methyl sites for hydroxylation is 1. The summed E-state index contributed by atoms with van der Waals surface area (Å²) in [7, 11) is 0. The Morgan fingerprint density at radius 2 is 1.55 bits per heavy atom. The van der Waals surface area contributed by atoms with Gasteiger partial charge in [0.2, 0.25) is 0 Å². The summed E-state index contributed by atoms with van der Waals surface area (Å²) >= 11 is 1.90. The van der Waals surface area contributed by atoms with Crippen LogP contribution >= 0.6 is 11.8 Å². The van der Waals surface area contributed by atoms with E-state index in [1.165, 1.54) is 28.0 Å². The normalized spacial score (nSPS) is 10.7. The average molecular weight is 285 g/mol. The van der Waals surface area contributed by atoms with Crippen LogP contribution in [-0.2, 0) is 12.3 Å². The molecule has 2 aromatic carbocycles. The Bertz CT molecular complexity index is 502. The van der Waals surface area contributed by atoms with Crippen molar-refractivity contribution in [1.29, 1.82) is 0 Å². The molecule has 0 heterocycles. The van der Waals surface area contributed by atoms with Crippen LogP contribution in [0.25, 0.3) is 0 Å². The van der Waals surface area contributed by atoms with E-state index >= 15 is 0 Å². The minimum atomic E-state index is 0.969. The second-order valence-corrected chi connectivity index (χ2v) is 6.14. The molecule has 0 unspecified atom stereocenters. The van der Waals surface area contributed by atoms with E-state index in [0.717, 1.165) is 18.8 Å². The number of hydrogen-bond acceptors (Lipinski definition) is 2. The van der Waals surface area contributed by atoms with Crippen LogP contribution < -0.4 is 5.32 Å². The summed E-state index contributed by atoms with van der Waals surface area (Å²) < 4.78 is 0. The number of thioether (sulfide) groups is 1. The summed E-state index contributed by atoms with van der Waals surface area (Å²) in [4.78, 5) is 1.34. The highest BCUT2D eigenvalue weighted by atomic mass is 32.2. The van der Waals surface area contributed by atoms with Crippen LogP contribution in [0.1, 0.15) is 30.0 Å². The molecule has 0 saturated carbocycles. The van der Waals surface area contributed by atoms with Gasteiger partial charge in [0, 0.05) is 17.2 Å². The molecular weight excluding hydrogens is 262 g/mol. The minimum absolute atomic E-state index is 0.969. The topological polar surface area (TPSA) is 12.0 Å². The third-order valence-electron chi connectivity index (χ3n) is 3.21. The van der Waals surface area contributed by atoms with Crippen LogP contribution in [0.4, 0.5) is 0 Å². The zero-order valence-electron chi connectivity index (χ0n) is 12.4. The van der Waals surface area contributed by atoms with E-state index in [0.29, 0.717) is 0 Å². The lowest BCUT2D eigenvalue weighted by atomic mass is 10.2. The van der Waals surface area contributed by atoms with Gasteiger partial charge in [-0.05, 0) is 43.1 Å². The molecule has 0 aliphatic rings. The molecule has 2 aromatic rings. The highest BCUT2D eigenvalue weighted by Gasteiger charge is 1.98. The second-order valence-electron chi connectivity index (χ2n) is 5.10. The monoisotopic (exact) mass is 285 g/mol. The SMILES string of the molecule is CCCNCc1ccc(SCc2ccc(C)cc2)cc1.